The van der Waals surface area contributed by atoms with E-state index >= 15 is 0 Å². The van der Waals surface area contributed by atoms with Crippen LogP contribution in [0.3, 0.4) is 0 Å². The van der Waals surface area contributed by atoms with E-state index in [1.165, 1.54) is 27.1 Å². The van der Waals surface area contributed by atoms with Crippen molar-refractivity contribution in [2.45, 2.75) is 17.9 Å². The Morgan fingerprint density at radius 2 is 2.10 bits per heavy atom. The number of hydrogen-bond acceptors (Lipinski definition) is 5. The lowest BCUT2D eigenvalue weighted by Crippen LogP contribution is -2.33. The summed E-state index contributed by atoms with van der Waals surface area (Å²) in [7, 11) is -1.38. The van der Waals surface area contributed by atoms with Crippen LogP contribution in [0.15, 0.2) is 21.5 Å². The molecule has 1 atom stereocenters. The SMILES string of the molecule is COC(=O)c1cc(S(=O)(=O)N(C)CC(C)O)c(Br)cc1Cl. The van der Waals surface area contributed by atoms with Crippen LogP contribution in [0.5, 0.6) is 0 Å². The van der Waals surface area contributed by atoms with Gasteiger partial charge in [0, 0.05) is 18.1 Å². The predicted molar refractivity (Wildman–Crippen MR) is 82.0 cm³/mol. The van der Waals surface area contributed by atoms with Gasteiger partial charge in [0.15, 0.2) is 0 Å². The Labute approximate surface area is 136 Å². The van der Waals surface area contributed by atoms with Gasteiger partial charge in [-0.15, -0.1) is 0 Å². The Morgan fingerprint density at radius 3 is 2.57 bits per heavy atom. The molecule has 0 aliphatic rings. The van der Waals surface area contributed by atoms with Crippen LogP contribution in [0.4, 0.5) is 0 Å². The van der Waals surface area contributed by atoms with Crippen molar-refractivity contribution < 1.29 is 23.1 Å². The number of hydrogen-bond donors (Lipinski definition) is 1. The van der Waals surface area contributed by atoms with Crippen molar-refractivity contribution in [3.63, 3.8) is 0 Å². The van der Waals surface area contributed by atoms with Gasteiger partial charge in [-0.3, -0.25) is 0 Å². The first kappa shape index (κ1) is 18.4. The van der Waals surface area contributed by atoms with Crippen molar-refractivity contribution in [2.24, 2.45) is 0 Å². The molecule has 1 aromatic rings. The number of halogens is 2. The first-order valence-corrected chi connectivity index (χ1v) is 8.44. The van der Waals surface area contributed by atoms with Gasteiger partial charge in [0.25, 0.3) is 0 Å². The number of sulfonamides is 1. The van der Waals surface area contributed by atoms with E-state index in [0.29, 0.717) is 0 Å². The maximum absolute atomic E-state index is 12.5. The molecule has 0 aliphatic carbocycles. The number of esters is 1. The molecule has 0 radical (unpaired) electrons. The van der Waals surface area contributed by atoms with Crippen LogP contribution in [0, 0.1) is 0 Å². The zero-order chi connectivity index (χ0) is 16.4. The van der Waals surface area contributed by atoms with Crippen molar-refractivity contribution in [2.75, 3.05) is 20.7 Å². The number of benzene rings is 1. The molecule has 0 fully saturated rings. The molecule has 1 N–H and O–H groups in total. The fourth-order valence-electron chi connectivity index (χ4n) is 1.63. The largest absolute Gasteiger partial charge is 0.465 e. The lowest BCUT2D eigenvalue weighted by molar-refractivity contribution is 0.0600. The number of rotatable bonds is 5. The molecule has 6 nitrogen and oxygen atoms in total. The van der Waals surface area contributed by atoms with Crippen LogP contribution < -0.4 is 0 Å². The summed E-state index contributed by atoms with van der Waals surface area (Å²) in [4.78, 5) is 11.5. The van der Waals surface area contributed by atoms with Crippen LogP contribution in [0.2, 0.25) is 5.02 Å². The van der Waals surface area contributed by atoms with Gasteiger partial charge in [-0.2, -0.15) is 4.31 Å². The third-order valence-corrected chi connectivity index (χ3v) is 5.73. The summed E-state index contributed by atoms with van der Waals surface area (Å²) in [5, 5.41) is 9.39. The van der Waals surface area contributed by atoms with E-state index < -0.39 is 22.1 Å². The second-order valence-corrected chi connectivity index (χ2v) is 7.66. The minimum Gasteiger partial charge on any atom is -0.465 e. The Hall–Kier alpha value is -0.670. The summed E-state index contributed by atoms with van der Waals surface area (Å²) in [5.41, 5.74) is -0.0496. The molecule has 9 heteroatoms. The number of likely N-dealkylation sites (N-methyl/N-ethyl adjacent to an activating group) is 1. The molecule has 1 rings (SSSR count). The molecule has 0 saturated heterocycles. The van der Waals surface area contributed by atoms with E-state index in [-0.39, 0.29) is 26.5 Å². The first-order valence-electron chi connectivity index (χ1n) is 5.83. The van der Waals surface area contributed by atoms with E-state index in [9.17, 15) is 18.3 Å². The van der Waals surface area contributed by atoms with Gasteiger partial charge in [0.05, 0.1) is 28.7 Å². The second kappa shape index (κ2) is 7.06. The van der Waals surface area contributed by atoms with E-state index in [2.05, 4.69) is 20.7 Å². The molecular weight excluding hydrogens is 386 g/mol. The minimum atomic E-state index is -3.89. The molecule has 118 valence electrons. The van der Waals surface area contributed by atoms with Crippen LogP contribution in [-0.4, -0.2) is 50.6 Å². The molecule has 0 aliphatic heterocycles. The zero-order valence-corrected chi connectivity index (χ0v) is 14.8. The highest BCUT2D eigenvalue weighted by Crippen LogP contribution is 2.31. The summed E-state index contributed by atoms with van der Waals surface area (Å²) in [6.45, 7) is 1.40. The van der Waals surface area contributed by atoms with Gasteiger partial charge in [-0.05, 0) is 35.0 Å². The summed E-state index contributed by atoms with van der Waals surface area (Å²) in [6, 6.07) is 2.46. The van der Waals surface area contributed by atoms with Crippen molar-refractivity contribution in [1.82, 2.24) is 4.31 Å². The fraction of sp³-hybridized carbons (Fsp3) is 0.417. The van der Waals surface area contributed by atoms with Crippen molar-refractivity contribution in [1.29, 1.82) is 0 Å². The smallest absolute Gasteiger partial charge is 0.339 e. The van der Waals surface area contributed by atoms with Gasteiger partial charge in [0.2, 0.25) is 10.0 Å². The number of carbonyl (C=O) groups is 1. The fourth-order valence-corrected chi connectivity index (χ4v) is 4.28. The molecule has 1 unspecified atom stereocenters. The average Bonchev–Trinajstić information content (AvgIpc) is 2.36. The number of aliphatic hydroxyl groups excluding tert-OH is 1. The van der Waals surface area contributed by atoms with Gasteiger partial charge < -0.3 is 9.84 Å². The van der Waals surface area contributed by atoms with Crippen LogP contribution >= 0.6 is 27.5 Å². The van der Waals surface area contributed by atoms with Crippen LogP contribution in [0.1, 0.15) is 17.3 Å². The highest BCUT2D eigenvalue weighted by molar-refractivity contribution is 9.10. The third-order valence-electron chi connectivity index (χ3n) is 2.64. The molecule has 0 saturated carbocycles. The maximum Gasteiger partial charge on any atom is 0.339 e. The molecule has 0 bridgehead atoms. The normalized spacial score (nSPS) is 13.3. The molecule has 21 heavy (non-hydrogen) atoms. The number of nitrogens with zero attached hydrogens (tertiary/aromatic N) is 1. The van der Waals surface area contributed by atoms with E-state index in [4.69, 9.17) is 11.6 Å². The predicted octanol–water partition coefficient (Wildman–Crippen LogP) is 1.89. The topological polar surface area (TPSA) is 83.9 Å². The third kappa shape index (κ3) is 4.17. The Kier molecular flexibility index (Phi) is 6.18. The van der Waals surface area contributed by atoms with Gasteiger partial charge >= 0.3 is 5.97 Å². The summed E-state index contributed by atoms with van der Waals surface area (Å²) in [6.07, 6.45) is -0.823. The van der Waals surface area contributed by atoms with Gasteiger partial charge in [0.1, 0.15) is 0 Å². The Morgan fingerprint density at radius 1 is 1.52 bits per heavy atom. The van der Waals surface area contributed by atoms with E-state index in [0.717, 1.165) is 10.4 Å². The quantitative estimate of drug-likeness (QED) is 0.763. The Bertz CT molecular complexity index is 647. The Balaban J connectivity index is 3.39. The van der Waals surface area contributed by atoms with Crippen molar-refractivity contribution in [3.05, 3.63) is 27.2 Å². The van der Waals surface area contributed by atoms with Crippen LogP contribution in [-0.2, 0) is 14.8 Å². The number of ether oxygens (including phenoxy) is 1. The minimum absolute atomic E-state index is 0.0496. The highest BCUT2D eigenvalue weighted by atomic mass is 79.9. The molecule has 0 spiro atoms. The average molecular weight is 401 g/mol. The highest BCUT2D eigenvalue weighted by Gasteiger charge is 2.27. The van der Waals surface area contributed by atoms with Gasteiger partial charge in [-0.1, -0.05) is 11.6 Å². The van der Waals surface area contributed by atoms with Gasteiger partial charge in [-0.25, -0.2) is 13.2 Å². The monoisotopic (exact) mass is 399 g/mol. The zero-order valence-electron chi connectivity index (χ0n) is 11.6. The second-order valence-electron chi connectivity index (χ2n) is 4.39. The van der Waals surface area contributed by atoms with E-state index in [1.807, 2.05) is 0 Å². The number of aliphatic hydroxyl groups is 1. The van der Waals surface area contributed by atoms with Crippen molar-refractivity contribution in [3.8, 4) is 0 Å². The molecular formula is C12H15BrClNO5S. The summed E-state index contributed by atoms with van der Waals surface area (Å²) >= 11 is 9.03. The lowest BCUT2D eigenvalue weighted by atomic mass is 10.2. The molecule has 0 aromatic heterocycles. The van der Waals surface area contributed by atoms with Crippen molar-refractivity contribution >= 4 is 43.5 Å². The lowest BCUT2D eigenvalue weighted by Gasteiger charge is -2.20. The summed E-state index contributed by atoms with van der Waals surface area (Å²) in [5.74, 6) is -0.734. The molecule has 0 amide bonds. The van der Waals surface area contributed by atoms with E-state index in [1.54, 1.807) is 0 Å². The number of carbonyl (C=O) groups excluding carboxylic acids is 1. The molecule has 0 heterocycles. The first-order chi connectivity index (χ1) is 9.61. The maximum atomic E-state index is 12.5. The standard InChI is InChI=1S/C12H15BrClNO5S/c1-7(16)6-15(2)21(18,19)11-4-8(12(17)20-3)10(14)5-9(11)13/h4-5,7,16H,6H2,1-3H3. The van der Waals surface area contributed by atoms with Crippen LogP contribution in [0.25, 0.3) is 0 Å². The number of methoxy groups -OCH3 is 1. The molecule has 1 aromatic carbocycles. The summed E-state index contributed by atoms with van der Waals surface area (Å²) < 4.78 is 30.7.